The van der Waals surface area contributed by atoms with E-state index in [1.54, 1.807) is 7.11 Å². The maximum Gasteiger partial charge on any atom is 0.237 e. The van der Waals surface area contributed by atoms with Gasteiger partial charge in [-0.05, 0) is 56.5 Å². The van der Waals surface area contributed by atoms with Crippen LogP contribution in [0.15, 0.2) is 24.3 Å². The van der Waals surface area contributed by atoms with Gasteiger partial charge in [0.15, 0.2) is 0 Å². The van der Waals surface area contributed by atoms with E-state index < -0.39 is 0 Å². The predicted octanol–water partition coefficient (Wildman–Crippen LogP) is 1.56. The largest absolute Gasteiger partial charge is 0.497 e. The number of carbonyl (C=O) groups excluding carboxylic acids is 2. The zero-order valence-electron chi connectivity index (χ0n) is 14.8. The summed E-state index contributed by atoms with van der Waals surface area (Å²) in [7, 11) is 1.66. The smallest absolute Gasteiger partial charge is 0.237 e. The summed E-state index contributed by atoms with van der Waals surface area (Å²) in [5, 5.41) is 0. The third kappa shape index (κ3) is 4.12. The standard InChI is InChI=1S/C19H27N3O3/c1-25-16-5-2-4-15(12-16)17-6-3-9-22(17)18(23)13-21-10-7-14(8-11-21)19(20)24/h2,4-5,12,14,17H,3,6-11,13H2,1H3,(H2,20,24)/t17-/m0/s1. The summed E-state index contributed by atoms with van der Waals surface area (Å²) in [4.78, 5) is 28.2. The van der Waals surface area contributed by atoms with Crippen molar-refractivity contribution in [2.75, 3.05) is 33.3 Å². The fraction of sp³-hybridized carbons (Fsp3) is 0.579. The number of primary amides is 1. The molecule has 2 heterocycles. The van der Waals surface area contributed by atoms with Crippen LogP contribution in [0.5, 0.6) is 5.75 Å². The number of nitrogens with two attached hydrogens (primary N) is 1. The molecule has 2 aliphatic heterocycles. The van der Waals surface area contributed by atoms with Crippen LogP contribution >= 0.6 is 0 Å². The van der Waals surface area contributed by atoms with Gasteiger partial charge in [-0.25, -0.2) is 0 Å². The van der Waals surface area contributed by atoms with Gasteiger partial charge >= 0.3 is 0 Å². The van der Waals surface area contributed by atoms with E-state index in [1.165, 1.54) is 0 Å². The summed E-state index contributed by atoms with van der Waals surface area (Å²) in [6.45, 7) is 2.75. The minimum Gasteiger partial charge on any atom is -0.497 e. The average Bonchev–Trinajstić information content (AvgIpc) is 3.12. The topological polar surface area (TPSA) is 75.9 Å². The van der Waals surface area contributed by atoms with E-state index in [9.17, 15) is 9.59 Å². The van der Waals surface area contributed by atoms with Gasteiger partial charge in [-0.1, -0.05) is 12.1 Å². The Hall–Kier alpha value is -2.08. The molecular weight excluding hydrogens is 318 g/mol. The molecule has 2 fully saturated rings. The highest BCUT2D eigenvalue weighted by Crippen LogP contribution is 2.33. The Kier molecular flexibility index (Phi) is 5.58. The Bertz CT molecular complexity index is 626. The second kappa shape index (κ2) is 7.87. The molecule has 136 valence electrons. The zero-order chi connectivity index (χ0) is 17.8. The zero-order valence-corrected chi connectivity index (χ0v) is 14.8. The summed E-state index contributed by atoms with van der Waals surface area (Å²) in [5.41, 5.74) is 6.51. The van der Waals surface area contributed by atoms with Crippen molar-refractivity contribution in [2.45, 2.75) is 31.7 Å². The van der Waals surface area contributed by atoms with Crippen molar-refractivity contribution in [2.24, 2.45) is 11.7 Å². The van der Waals surface area contributed by atoms with Gasteiger partial charge < -0.3 is 15.4 Å². The molecule has 1 atom stereocenters. The number of amides is 2. The number of hydrogen-bond acceptors (Lipinski definition) is 4. The lowest BCUT2D eigenvalue weighted by atomic mass is 9.96. The molecule has 2 N–H and O–H groups in total. The molecule has 1 aromatic rings. The summed E-state index contributed by atoms with van der Waals surface area (Å²) in [6.07, 6.45) is 3.52. The normalized spacial score (nSPS) is 22.1. The molecule has 3 rings (SSSR count). The van der Waals surface area contributed by atoms with Gasteiger partial charge in [0, 0.05) is 12.5 Å². The molecule has 0 spiro atoms. The Morgan fingerprint density at radius 1 is 1.20 bits per heavy atom. The van der Waals surface area contributed by atoms with Crippen LogP contribution in [0.25, 0.3) is 0 Å². The number of benzene rings is 1. The SMILES string of the molecule is COc1cccc([C@@H]2CCCN2C(=O)CN2CCC(C(N)=O)CC2)c1. The average molecular weight is 345 g/mol. The minimum atomic E-state index is -0.219. The molecule has 2 aliphatic rings. The molecule has 2 saturated heterocycles. The van der Waals surface area contributed by atoms with Crippen LogP contribution in [-0.2, 0) is 9.59 Å². The molecule has 0 bridgehead atoms. The number of likely N-dealkylation sites (tertiary alicyclic amines) is 2. The molecule has 1 aromatic carbocycles. The molecule has 25 heavy (non-hydrogen) atoms. The first-order chi connectivity index (χ1) is 12.1. The van der Waals surface area contributed by atoms with E-state index >= 15 is 0 Å². The minimum absolute atomic E-state index is 0.0392. The van der Waals surface area contributed by atoms with Crippen LogP contribution in [0.1, 0.15) is 37.3 Å². The van der Waals surface area contributed by atoms with Gasteiger partial charge in [-0.3, -0.25) is 14.5 Å². The molecule has 0 radical (unpaired) electrons. The molecule has 0 unspecified atom stereocenters. The number of nitrogens with zero attached hydrogens (tertiary/aromatic N) is 2. The third-order valence-electron chi connectivity index (χ3n) is 5.40. The van der Waals surface area contributed by atoms with Crippen molar-refractivity contribution in [3.63, 3.8) is 0 Å². The lowest BCUT2D eigenvalue weighted by Gasteiger charge is -2.32. The van der Waals surface area contributed by atoms with Crippen molar-refractivity contribution >= 4 is 11.8 Å². The van der Waals surface area contributed by atoms with Gasteiger partial charge in [0.05, 0.1) is 19.7 Å². The molecule has 2 amide bonds. The maximum atomic E-state index is 12.8. The van der Waals surface area contributed by atoms with E-state index in [1.807, 2.05) is 23.1 Å². The third-order valence-corrected chi connectivity index (χ3v) is 5.40. The van der Waals surface area contributed by atoms with Crippen LogP contribution in [-0.4, -0.2) is 54.9 Å². The second-order valence-electron chi connectivity index (χ2n) is 6.97. The Labute approximate surface area is 148 Å². The summed E-state index contributed by atoms with van der Waals surface area (Å²) in [6, 6.07) is 8.12. The Morgan fingerprint density at radius 2 is 1.96 bits per heavy atom. The number of ether oxygens (including phenoxy) is 1. The lowest BCUT2D eigenvalue weighted by Crippen LogP contribution is -2.44. The number of piperidine rings is 1. The number of rotatable bonds is 5. The predicted molar refractivity (Wildman–Crippen MR) is 95.0 cm³/mol. The van der Waals surface area contributed by atoms with Gasteiger partial charge in [-0.15, -0.1) is 0 Å². The van der Waals surface area contributed by atoms with E-state index in [2.05, 4.69) is 11.0 Å². The fourth-order valence-electron chi connectivity index (χ4n) is 3.92. The van der Waals surface area contributed by atoms with Crippen molar-refractivity contribution in [1.29, 1.82) is 0 Å². The Morgan fingerprint density at radius 3 is 2.64 bits per heavy atom. The van der Waals surface area contributed by atoms with Gasteiger partial charge in [-0.2, -0.15) is 0 Å². The summed E-state index contributed by atoms with van der Waals surface area (Å²) in [5.74, 6) is 0.736. The summed E-state index contributed by atoms with van der Waals surface area (Å²) < 4.78 is 5.31. The first kappa shape index (κ1) is 17.7. The monoisotopic (exact) mass is 345 g/mol. The highest BCUT2D eigenvalue weighted by molar-refractivity contribution is 5.79. The number of methoxy groups -OCH3 is 1. The molecule has 0 aromatic heterocycles. The van der Waals surface area contributed by atoms with Crippen molar-refractivity contribution < 1.29 is 14.3 Å². The van der Waals surface area contributed by atoms with Crippen LogP contribution < -0.4 is 10.5 Å². The maximum absolute atomic E-state index is 12.8. The van der Waals surface area contributed by atoms with E-state index in [-0.39, 0.29) is 23.8 Å². The number of hydrogen-bond donors (Lipinski definition) is 1. The van der Waals surface area contributed by atoms with Gasteiger partial charge in [0.1, 0.15) is 5.75 Å². The molecule has 0 saturated carbocycles. The van der Waals surface area contributed by atoms with E-state index in [4.69, 9.17) is 10.5 Å². The quantitative estimate of drug-likeness (QED) is 0.879. The molecule has 6 heteroatoms. The highest BCUT2D eigenvalue weighted by Gasteiger charge is 2.32. The van der Waals surface area contributed by atoms with Crippen LogP contribution in [0.4, 0.5) is 0 Å². The van der Waals surface area contributed by atoms with E-state index in [0.717, 1.165) is 56.6 Å². The van der Waals surface area contributed by atoms with Gasteiger partial charge in [0.2, 0.25) is 11.8 Å². The lowest BCUT2D eigenvalue weighted by molar-refractivity contribution is -0.133. The fourth-order valence-corrected chi connectivity index (χ4v) is 3.92. The van der Waals surface area contributed by atoms with Gasteiger partial charge in [0.25, 0.3) is 0 Å². The second-order valence-corrected chi connectivity index (χ2v) is 6.97. The first-order valence-electron chi connectivity index (χ1n) is 9.03. The highest BCUT2D eigenvalue weighted by atomic mass is 16.5. The van der Waals surface area contributed by atoms with Crippen LogP contribution in [0, 0.1) is 5.92 Å². The van der Waals surface area contributed by atoms with Crippen molar-refractivity contribution in [3.8, 4) is 5.75 Å². The van der Waals surface area contributed by atoms with Crippen molar-refractivity contribution in [1.82, 2.24) is 9.80 Å². The summed E-state index contributed by atoms with van der Waals surface area (Å²) >= 11 is 0. The molecular formula is C19H27N3O3. The van der Waals surface area contributed by atoms with Crippen LogP contribution in [0.3, 0.4) is 0 Å². The van der Waals surface area contributed by atoms with Crippen molar-refractivity contribution in [3.05, 3.63) is 29.8 Å². The van der Waals surface area contributed by atoms with Crippen LogP contribution in [0.2, 0.25) is 0 Å². The number of carbonyl (C=O) groups is 2. The molecule has 0 aliphatic carbocycles. The van der Waals surface area contributed by atoms with E-state index in [0.29, 0.717) is 6.54 Å². The Balaban J connectivity index is 1.60. The molecule has 6 nitrogen and oxygen atoms in total. The first-order valence-corrected chi connectivity index (χ1v) is 9.03.